The summed E-state index contributed by atoms with van der Waals surface area (Å²) in [5.41, 5.74) is 0.819. The van der Waals surface area contributed by atoms with Gasteiger partial charge in [0.05, 0.1) is 12.2 Å². The van der Waals surface area contributed by atoms with Crippen LogP contribution in [-0.4, -0.2) is 48.8 Å². The molecule has 1 aromatic heterocycles. The molecule has 1 rings (SSSR count). The average molecular weight is 310 g/mol. The van der Waals surface area contributed by atoms with Crippen LogP contribution in [0.15, 0.2) is 5.38 Å². The topological polar surface area (TPSA) is 57.3 Å². The Kier molecular flexibility index (Phi) is 6.21. The fourth-order valence-electron chi connectivity index (χ4n) is 1.49. The van der Waals surface area contributed by atoms with Crippen LogP contribution in [0.3, 0.4) is 0 Å². The second-order valence-electron chi connectivity index (χ2n) is 4.38. The third-order valence-corrected chi connectivity index (χ3v) is 3.17. The lowest BCUT2D eigenvalue weighted by Gasteiger charge is -2.18. The van der Waals surface area contributed by atoms with Crippen molar-refractivity contribution in [3.8, 4) is 0 Å². The van der Waals surface area contributed by atoms with Crippen molar-refractivity contribution in [1.82, 2.24) is 15.2 Å². The summed E-state index contributed by atoms with van der Waals surface area (Å²) in [6.45, 7) is 1.43. The molecule has 1 heterocycles. The minimum absolute atomic E-state index is 0.260. The second kappa shape index (κ2) is 7.44. The Balaban J connectivity index is 2.13. The molecule has 0 aromatic carbocycles. The molecular formula is C11H17F3N4OS. The van der Waals surface area contributed by atoms with Gasteiger partial charge in [0.2, 0.25) is 0 Å². The summed E-state index contributed by atoms with van der Waals surface area (Å²) in [6.07, 6.45) is -3.75. The largest absolute Gasteiger partial charge is 0.401 e. The van der Waals surface area contributed by atoms with Gasteiger partial charge in [0.25, 0.3) is 0 Å². The van der Waals surface area contributed by atoms with Crippen LogP contribution in [0.25, 0.3) is 0 Å². The smallest absolute Gasteiger partial charge is 0.338 e. The molecule has 0 aliphatic heterocycles. The van der Waals surface area contributed by atoms with Crippen molar-refractivity contribution in [2.24, 2.45) is 0 Å². The lowest BCUT2D eigenvalue weighted by molar-refractivity contribution is -0.143. The van der Waals surface area contributed by atoms with Crippen molar-refractivity contribution < 1.29 is 18.0 Å². The zero-order valence-corrected chi connectivity index (χ0v) is 12.1. The number of thiazole rings is 1. The molecule has 0 unspecified atom stereocenters. The average Bonchev–Trinajstić information content (AvgIpc) is 2.68. The first-order chi connectivity index (χ1) is 9.26. The number of halogens is 3. The third kappa shape index (κ3) is 7.29. The number of hydrogen-bond acceptors (Lipinski definition) is 4. The van der Waals surface area contributed by atoms with Crippen LogP contribution < -0.4 is 10.6 Å². The van der Waals surface area contributed by atoms with E-state index in [2.05, 4.69) is 15.6 Å². The zero-order chi connectivity index (χ0) is 15.2. The molecule has 2 amide bonds. The molecule has 0 aliphatic rings. The fourth-order valence-corrected chi connectivity index (χ4v) is 2.17. The molecule has 0 bridgehead atoms. The highest BCUT2D eigenvalue weighted by atomic mass is 32.1. The number of nitrogens with one attached hydrogen (secondary N) is 2. The van der Waals surface area contributed by atoms with E-state index >= 15 is 0 Å². The first-order valence-corrected chi connectivity index (χ1v) is 6.86. The minimum Gasteiger partial charge on any atom is -0.338 e. The second-order valence-corrected chi connectivity index (χ2v) is 5.24. The maximum Gasteiger partial charge on any atom is 0.401 e. The van der Waals surface area contributed by atoms with E-state index in [9.17, 15) is 18.0 Å². The summed E-state index contributed by atoms with van der Waals surface area (Å²) in [7, 11) is 1.39. The summed E-state index contributed by atoms with van der Waals surface area (Å²) in [4.78, 5) is 16.7. The summed E-state index contributed by atoms with van der Waals surface area (Å²) < 4.78 is 36.2. The molecule has 20 heavy (non-hydrogen) atoms. The van der Waals surface area contributed by atoms with Crippen LogP contribution in [-0.2, 0) is 0 Å². The van der Waals surface area contributed by atoms with Crippen LogP contribution in [0.1, 0.15) is 12.1 Å². The van der Waals surface area contributed by atoms with Crippen molar-refractivity contribution in [3.05, 3.63) is 11.1 Å². The molecule has 0 fully saturated rings. The highest BCUT2D eigenvalue weighted by Crippen LogP contribution is 2.15. The van der Waals surface area contributed by atoms with Gasteiger partial charge in [-0.25, -0.2) is 9.78 Å². The quantitative estimate of drug-likeness (QED) is 0.794. The summed E-state index contributed by atoms with van der Waals surface area (Å²) in [5.74, 6) is 0. The molecule has 0 spiro atoms. The van der Waals surface area contributed by atoms with Crippen molar-refractivity contribution in [3.63, 3.8) is 0 Å². The highest BCUT2D eigenvalue weighted by Gasteiger charge is 2.28. The normalized spacial score (nSPS) is 11.7. The van der Waals surface area contributed by atoms with Crippen LogP contribution >= 0.6 is 11.3 Å². The predicted molar refractivity (Wildman–Crippen MR) is 72.0 cm³/mol. The Morgan fingerprint density at radius 1 is 1.50 bits per heavy atom. The van der Waals surface area contributed by atoms with Gasteiger partial charge in [-0.2, -0.15) is 13.2 Å². The maximum atomic E-state index is 12.1. The van der Waals surface area contributed by atoms with Crippen LogP contribution in [0.4, 0.5) is 23.1 Å². The Labute approximate surface area is 119 Å². The van der Waals surface area contributed by atoms with E-state index in [0.29, 0.717) is 18.1 Å². The number of anilines is 1. The van der Waals surface area contributed by atoms with Gasteiger partial charge in [-0.3, -0.25) is 10.2 Å². The fraction of sp³-hybridized carbons (Fsp3) is 0.636. The lowest BCUT2D eigenvalue weighted by Crippen LogP contribution is -2.34. The van der Waals surface area contributed by atoms with Crippen LogP contribution in [0.5, 0.6) is 0 Å². The Morgan fingerprint density at radius 3 is 2.75 bits per heavy atom. The monoisotopic (exact) mass is 310 g/mol. The number of alkyl halides is 3. The third-order valence-electron chi connectivity index (χ3n) is 2.29. The Morgan fingerprint density at radius 2 is 2.20 bits per heavy atom. The number of urea groups is 1. The lowest BCUT2D eigenvalue weighted by atomic mass is 10.4. The molecule has 0 saturated heterocycles. The molecule has 0 atom stereocenters. The van der Waals surface area contributed by atoms with Gasteiger partial charge >= 0.3 is 12.2 Å². The van der Waals surface area contributed by atoms with E-state index in [0.717, 1.165) is 5.69 Å². The number of nitrogens with zero attached hydrogens (tertiary/aromatic N) is 2. The van der Waals surface area contributed by atoms with Crippen molar-refractivity contribution in [1.29, 1.82) is 0 Å². The van der Waals surface area contributed by atoms with Gasteiger partial charge < -0.3 is 5.32 Å². The molecule has 114 valence electrons. The molecule has 0 radical (unpaired) electrons. The SMILES string of the molecule is Cc1csc(NC(=O)NCCCN(C)CC(F)(F)F)n1. The van der Waals surface area contributed by atoms with Gasteiger partial charge in [0.15, 0.2) is 5.13 Å². The molecular weight excluding hydrogens is 293 g/mol. The standard InChI is InChI=1S/C11H17F3N4OS/c1-8-6-20-10(16-8)17-9(19)15-4-3-5-18(2)7-11(12,13)14/h6H,3-5,7H2,1-2H3,(H2,15,16,17,19). The molecule has 2 N–H and O–H groups in total. The molecule has 5 nitrogen and oxygen atoms in total. The predicted octanol–water partition coefficient (Wildman–Crippen LogP) is 2.46. The number of aryl methyl sites for hydroxylation is 1. The van der Waals surface area contributed by atoms with E-state index < -0.39 is 18.8 Å². The van der Waals surface area contributed by atoms with E-state index in [1.807, 2.05) is 12.3 Å². The summed E-state index contributed by atoms with van der Waals surface area (Å²) in [6, 6.07) is -0.405. The number of carbonyl (C=O) groups excluding carboxylic acids is 1. The Hall–Kier alpha value is -1.35. The summed E-state index contributed by atoms with van der Waals surface area (Å²) >= 11 is 1.31. The van der Waals surface area contributed by atoms with E-state index in [-0.39, 0.29) is 6.54 Å². The molecule has 0 aliphatic carbocycles. The number of hydrogen-bond donors (Lipinski definition) is 2. The van der Waals surface area contributed by atoms with E-state index in [1.165, 1.54) is 23.3 Å². The van der Waals surface area contributed by atoms with Crippen molar-refractivity contribution in [2.45, 2.75) is 19.5 Å². The van der Waals surface area contributed by atoms with Gasteiger partial charge in [-0.1, -0.05) is 0 Å². The molecule has 9 heteroatoms. The zero-order valence-electron chi connectivity index (χ0n) is 11.3. The van der Waals surface area contributed by atoms with E-state index in [1.54, 1.807) is 0 Å². The Bertz CT molecular complexity index is 436. The molecule has 0 saturated carbocycles. The number of carbonyl (C=O) groups is 1. The van der Waals surface area contributed by atoms with Gasteiger partial charge in [-0.05, 0) is 26.9 Å². The van der Waals surface area contributed by atoms with Gasteiger partial charge in [-0.15, -0.1) is 11.3 Å². The number of amides is 2. The number of rotatable bonds is 6. The maximum absolute atomic E-state index is 12.1. The van der Waals surface area contributed by atoms with Crippen molar-refractivity contribution in [2.75, 3.05) is 32.0 Å². The highest BCUT2D eigenvalue weighted by molar-refractivity contribution is 7.13. The van der Waals surface area contributed by atoms with Crippen molar-refractivity contribution >= 4 is 22.5 Å². The molecule has 1 aromatic rings. The number of aromatic nitrogens is 1. The van der Waals surface area contributed by atoms with Crippen LogP contribution in [0, 0.1) is 6.92 Å². The minimum atomic E-state index is -4.19. The van der Waals surface area contributed by atoms with Crippen LogP contribution in [0.2, 0.25) is 0 Å². The van der Waals surface area contributed by atoms with E-state index in [4.69, 9.17) is 0 Å². The van der Waals surface area contributed by atoms with Gasteiger partial charge in [0.1, 0.15) is 0 Å². The first kappa shape index (κ1) is 16.7. The first-order valence-electron chi connectivity index (χ1n) is 5.98. The summed E-state index contributed by atoms with van der Waals surface area (Å²) in [5, 5.41) is 7.42. The van der Waals surface area contributed by atoms with Gasteiger partial charge in [0, 0.05) is 11.9 Å².